The molecule has 20 heteroatoms. The Labute approximate surface area is 144 Å². The molecule has 0 heterocycles. The molecule has 0 aliphatic heterocycles. The van der Waals surface area contributed by atoms with Crippen molar-refractivity contribution in [3.8, 4) is 0 Å². The summed E-state index contributed by atoms with van der Waals surface area (Å²) in [4.78, 5) is 0. The van der Waals surface area contributed by atoms with Gasteiger partial charge in [-0.3, -0.25) is 16.8 Å². The summed E-state index contributed by atoms with van der Waals surface area (Å²) in [6.45, 7) is 0. The fraction of sp³-hybridized carbons (Fsp3) is 0. The SMILES string of the molecule is O.O.O=S(=O)([O-])[O-].O=S(=O)([O-])[O-].[OH3+].[OH3+].[OH3+].[OH3+].[OH3+].[OH3+].[OH3+].[Th+4]. The minimum absolute atomic E-state index is 0. The van der Waals surface area contributed by atoms with Crippen LogP contribution < -0.4 is 0 Å². The van der Waals surface area contributed by atoms with E-state index in [2.05, 4.69) is 0 Å². The van der Waals surface area contributed by atoms with E-state index in [9.17, 15) is 0 Å². The van der Waals surface area contributed by atoms with Gasteiger partial charge in [0.1, 0.15) is 0 Å². The Morgan fingerprint density at radius 3 is 0.450 bits per heavy atom. The molecule has 0 aliphatic rings. The molecule has 0 amide bonds. The third-order valence-corrected chi connectivity index (χ3v) is 0. The minimum Gasteiger partial charge on any atom is -0.759 e. The first kappa shape index (κ1) is 106. The molecule has 0 bridgehead atoms. The van der Waals surface area contributed by atoms with Crippen LogP contribution in [0.15, 0.2) is 0 Å². The topological polar surface area (TPSA) is 455 Å². The van der Waals surface area contributed by atoms with Crippen molar-refractivity contribution >= 4 is 20.8 Å². The second kappa shape index (κ2) is 42.7. The van der Waals surface area contributed by atoms with Crippen molar-refractivity contribution in [1.29, 1.82) is 0 Å². The summed E-state index contributed by atoms with van der Waals surface area (Å²) in [5, 5.41) is 0. The van der Waals surface area contributed by atoms with Crippen LogP contribution in [0.4, 0.5) is 0 Å². The molecule has 20 heavy (non-hydrogen) atoms. The number of hydrogen-bond donors (Lipinski definition) is 0. The molecule has 25 N–H and O–H groups in total. The van der Waals surface area contributed by atoms with Crippen LogP contribution in [0, 0.1) is 39.9 Å². The molecule has 0 saturated heterocycles. The van der Waals surface area contributed by atoms with Gasteiger partial charge in [-0.05, 0) is 0 Å². The Morgan fingerprint density at radius 2 is 0.450 bits per heavy atom. The van der Waals surface area contributed by atoms with Crippen molar-refractivity contribution in [3.63, 3.8) is 0 Å². The summed E-state index contributed by atoms with van der Waals surface area (Å²) in [5.41, 5.74) is 0. The largest absolute Gasteiger partial charge is 4.00 e. The molecule has 0 radical (unpaired) electrons. The first-order chi connectivity index (χ1) is 4.00. The maximum atomic E-state index is 8.52. The Kier molecular flexibility index (Phi) is 227. The third kappa shape index (κ3) is 11800. The normalized spacial score (nSPS) is 5.80. The van der Waals surface area contributed by atoms with Crippen LogP contribution in [-0.2, 0) is 59.1 Å². The fourth-order valence-corrected chi connectivity index (χ4v) is 0. The van der Waals surface area contributed by atoms with Crippen molar-refractivity contribution in [3.05, 3.63) is 0 Å². The molecule has 0 spiro atoms. The van der Waals surface area contributed by atoms with Crippen molar-refractivity contribution in [1.82, 2.24) is 0 Å². The molecule has 0 unspecified atom stereocenters. The van der Waals surface area contributed by atoms with E-state index >= 15 is 0 Å². The molecule has 0 atom stereocenters. The molecule has 17 nitrogen and oxygen atoms in total. The van der Waals surface area contributed by atoms with E-state index in [0.717, 1.165) is 0 Å². The van der Waals surface area contributed by atoms with Gasteiger partial charge in [-0.15, -0.1) is 0 Å². The third-order valence-electron chi connectivity index (χ3n) is 0. The van der Waals surface area contributed by atoms with Gasteiger partial charge in [0.25, 0.3) is 0 Å². The van der Waals surface area contributed by atoms with Crippen LogP contribution in [0.2, 0.25) is 0 Å². The predicted molar refractivity (Wildman–Crippen MR) is 62.3 cm³/mol. The molecule has 0 aromatic heterocycles. The number of hydrogen-bond acceptors (Lipinski definition) is 8. The van der Waals surface area contributed by atoms with Gasteiger partial charge in [0, 0.05) is 20.8 Å². The van der Waals surface area contributed by atoms with Gasteiger partial charge in [-0.1, -0.05) is 0 Å². The summed E-state index contributed by atoms with van der Waals surface area (Å²) in [6, 6.07) is 0. The predicted octanol–water partition coefficient (Wildman–Crippen LogP) is -10.8. The molecule has 0 aromatic rings. The average molecular weight is 593 g/mol. The molecular weight excluding hydrogens is 568 g/mol. The Balaban J connectivity index is -0.00000000427. The van der Waals surface area contributed by atoms with Crippen LogP contribution in [-0.4, -0.2) is 46.0 Å². The van der Waals surface area contributed by atoms with E-state index in [0.29, 0.717) is 0 Å². The van der Waals surface area contributed by atoms with E-state index in [1.54, 1.807) is 0 Å². The molecule has 0 aliphatic carbocycles. The van der Waals surface area contributed by atoms with Gasteiger partial charge in [0.2, 0.25) is 0 Å². The Morgan fingerprint density at radius 1 is 0.450 bits per heavy atom. The second-order valence-corrected chi connectivity index (χ2v) is 2.45. The molecule has 136 valence electrons. The summed E-state index contributed by atoms with van der Waals surface area (Å²) in [5.74, 6) is 0. The summed E-state index contributed by atoms with van der Waals surface area (Å²) in [6.07, 6.45) is 0. The van der Waals surface area contributed by atoms with Crippen molar-refractivity contribution in [2.75, 3.05) is 0 Å². The summed E-state index contributed by atoms with van der Waals surface area (Å²) >= 11 is 0. The monoisotopic (exact) mass is 593 g/mol. The summed E-state index contributed by atoms with van der Waals surface area (Å²) in [7, 11) is -10.3. The van der Waals surface area contributed by atoms with Crippen LogP contribution in [0.25, 0.3) is 0 Å². The van der Waals surface area contributed by atoms with Gasteiger partial charge in [0.15, 0.2) is 0 Å². The maximum absolute atomic E-state index is 8.52. The summed E-state index contributed by atoms with van der Waals surface area (Å²) < 4.78 is 68.2. The fourth-order valence-electron chi connectivity index (χ4n) is 0. The molecule has 0 saturated carbocycles. The van der Waals surface area contributed by atoms with Crippen LogP contribution in [0.1, 0.15) is 0 Å². The Bertz CT molecular complexity index is 211. The van der Waals surface area contributed by atoms with Crippen molar-refractivity contribution in [2.24, 2.45) is 0 Å². The number of rotatable bonds is 0. The van der Waals surface area contributed by atoms with Gasteiger partial charge in [-0.2, -0.15) is 0 Å². The minimum atomic E-state index is -5.17. The van der Waals surface area contributed by atoms with E-state index in [1.165, 1.54) is 0 Å². The standard InChI is InChI=1S/2H2O4S.9H2O.Th/c2*1-5(2,3)4;;;;;;;;;;/h2*(H2,1,2,3,4);9*1H2;/q;;;;;;;;;;;+4/p+3. The smallest absolute Gasteiger partial charge is 0.759 e. The van der Waals surface area contributed by atoms with Crippen molar-refractivity contribution in [2.45, 2.75) is 0 Å². The van der Waals surface area contributed by atoms with Gasteiger partial charge >= 0.3 is 39.9 Å². The average Bonchev–Trinajstić information content (AvgIpc) is 1.12. The van der Waals surface area contributed by atoms with Gasteiger partial charge < -0.3 is 67.5 Å². The van der Waals surface area contributed by atoms with E-state index < -0.39 is 20.8 Å². The Hall–Kier alpha value is 0.705. The zero-order valence-electron chi connectivity index (χ0n) is 9.62. The van der Waals surface area contributed by atoms with Gasteiger partial charge in [0.05, 0.1) is 0 Å². The van der Waals surface area contributed by atoms with Crippen LogP contribution in [0.5, 0.6) is 0 Å². The van der Waals surface area contributed by atoms with Crippen molar-refractivity contribution < 1.29 is 124 Å². The van der Waals surface area contributed by atoms with Crippen LogP contribution >= 0.6 is 0 Å². The first-order valence-electron chi connectivity index (χ1n) is 1.33. The van der Waals surface area contributed by atoms with Gasteiger partial charge in [-0.25, -0.2) is 0 Å². The van der Waals surface area contributed by atoms with E-state index in [-0.39, 0.29) is 89.2 Å². The molecular formula is H25O17S2Th+7. The second-order valence-electron chi connectivity index (χ2n) is 0.816. The molecule has 0 aromatic carbocycles. The van der Waals surface area contributed by atoms with Crippen LogP contribution in [0.3, 0.4) is 0 Å². The molecule has 0 rings (SSSR count). The van der Waals surface area contributed by atoms with E-state index in [4.69, 9.17) is 35.0 Å². The molecule has 0 fully saturated rings. The first-order valence-corrected chi connectivity index (χ1v) is 4.00. The zero-order valence-corrected chi connectivity index (χ0v) is 15.4. The zero-order chi connectivity index (χ0) is 9.00. The maximum Gasteiger partial charge on any atom is 4.00 e. The quantitative estimate of drug-likeness (QED) is 0.147. The van der Waals surface area contributed by atoms with E-state index in [1.807, 2.05) is 0 Å².